The number of urea groups is 1. The number of carbonyl (C=O) groups excluding carboxylic acids is 1. The maximum absolute atomic E-state index is 10.7. The third-order valence-electron chi connectivity index (χ3n) is 1.85. The van der Waals surface area contributed by atoms with Gasteiger partial charge in [0.25, 0.3) is 0 Å². The lowest BCUT2D eigenvalue weighted by atomic mass is 10.4. The second-order valence-electron chi connectivity index (χ2n) is 2.95. The van der Waals surface area contributed by atoms with Gasteiger partial charge in [-0.3, -0.25) is 0 Å². The first-order chi connectivity index (χ1) is 6.00. The first-order valence-corrected chi connectivity index (χ1v) is 4.61. The summed E-state index contributed by atoms with van der Waals surface area (Å²) in [6, 6.07) is 1.54. The monoisotopic (exact) mass is 245 g/mol. The first kappa shape index (κ1) is 10.1. The fraction of sp³-hybridized carbons (Fsp3) is 0.375. The number of primary amides is 1. The molecule has 0 bridgehead atoms. The molecule has 1 aromatic heterocycles. The van der Waals surface area contributed by atoms with E-state index in [1.165, 1.54) is 4.90 Å². The molecule has 4 nitrogen and oxygen atoms in total. The van der Waals surface area contributed by atoms with E-state index in [4.69, 9.17) is 5.73 Å². The molecule has 13 heavy (non-hydrogen) atoms. The minimum absolute atomic E-state index is 0.419. The van der Waals surface area contributed by atoms with E-state index in [-0.39, 0.29) is 0 Å². The van der Waals surface area contributed by atoms with E-state index in [0.29, 0.717) is 6.54 Å². The Balaban J connectivity index is 2.74. The van der Waals surface area contributed by atoms with Gasteiger partial charge < -0.3 is 15.2 Å². The van der Waals surface area contributed by atoms with Crippen LogP contribution in [0.15, 0.2) is 16.7 Å². The molecule has 0 aliphatic heterocycles. The van der Waals surface area contributed by atoms with Crippen molar-refractivity contribution in [3.8, 4) is 0 Å². The molecule has 1 rings (SSSR count). The highest BCUT2D eigenvalue weighted by atomic mass is 79.9. The van der Waals surface area contributed by atoms with Crippen molar-refractivity contribution in [1.82, 2.24) is 9.47 Å². The van der Waals surface area contributed by atoms with Gasteiger partial charge in [-0.1, -0.05) is 0 Å². The Hall–Kier alpha value is -0.970. The molecule has 0 saturated heterocycles. The summed E-state index contributed by atoms with van der Waals surface area (Å²) in [5.41, 5.74) is 6.14. The van der Waals surface area contributed by atoms with Gasteiger partial charge in [0.2, 0.25) is 0 Å². The van der Waals surface area contributed by atoms with E-state index in [0.717, 1.165) is 10.2 Å². The van der Waals surface area contributed by atoms with Gasteiger partial charge in [-0.05, 0) is 22.0 Å². The summed E-state index contributed by atoms with van der Waals surface area (Å²) in [4.78, 5) is 12.2. The molecule has 1 heterocycles. The van der Waals surface area contributed by atoms with Crippen molar-refractivity contribution in [2.24, 2.45) is 12.8 Å². The second-order valence-corrected chi connectivity index (χ2v) is 3.87. The highest BCUT2D eigenvalue weighted by Crippen LogP contribution is 2.14. The zero-order chi connectivity index (χ0) is 10.0. The maximum Gasteiger partial charge on any atom is 0.314 e. The van der Waals surface area contributed by atoms with Crippen LogP contribution in [0.3, 0.4) is 0 Å². The van der Waals surface area contributed by atoms with Gasteiger partial charge >= 0.3 is 6.03 Å². The molecule has 0 aliphatic rings. The normalized spacial score (nSPS) is 10.1. The molecule has 0 unspecified atom stereocenters. The van der Waals surface area contributed by atoms with Crippen molar-refractivity contribution in [3.63, 3.8) is 0 Å². The molecule has 5 heteroatoms. The maximum atomic E-state index is 10.7. The molecule has 0 fully saturated rings. The standard InChI is InChI=1S/C8H12BrN3O/c1-11-4-6(9)3-7(11)5-12(2)8(10)13/h3-4H,5H2,1-2H3,(H2,10,13). The van der Waals surface area contributed by atoms with E-state index < -0.39 is 6.03 Å². The minimum Gasteiger partial charge on any atom is -0.352 e. The van der Waals surface area contributed by atoms with Crippen molar-refractivity contribution in [3.05, 3.63) is 22.4 Å². The smallest absolute Gasteiger partial charge is 0.314 e. The molecule has 0 saturated carbocycles. The van der Waals surface area contributed by atoms with Gasteiger partial charge in [-0.25, -0.2) is 4.79 Å². The van der Waals surface area contributed by atoms with Crippen LogP contribution in [0.1, 0.15) is 5.69 Å². The van der Waals surface area contributed by atoms with Crippen LogP contribution in [0, 0.1) is 0 Å². The number of halogens is 1. The summed E-state index contributed by atoms with van der Waals surface area (Å²) in [6.07, 6.45) is 1.93. The van der Waals surface area contributed by atoms with E-state index in [2.05, 4.69) is 15.9 Å². The Labute approximate surface area is 85.4 Å². The third-order valence-corrected chi connectivity index (χ3v) is 2.28. The Kier molecular flexibility index (Phi) is 2.98. The van der Waals surface area contributed by atoms with E-state index in [1.807, 2.05) is 23.9 Å². The number of aryl methyl sites for hydroxylation is 1. The van der Waals surface area contributed by atoms with Crippen molar-refractivity contribution < 1.29 is 4.79 Å². The molecule has 1 aromatic rings. The number of carbonyl (C=O) groups is 1. The SMILES string of the molecule is CN(Cc1cc(Br)cn1C)C(N)=O. The molecular formula is C8H12BrN3O. The summed E-state index contributed by atoms with van der Waals surface area (Å²) >= 11 is 3.35. The average Bonchev–Trinajstić information content (AvgIpc) is 2.30. The zero-order valence-electron chi connectivity index (χ0n) is 7.62. The summed E-state index contributed by atoms with van der Waals surface area (Å²) in [7, 11) is 3.60. The van der Waals surface area contributed by atoms with Gasteiger partial charge in [0, 0.05) is 30.5 Å². The molecule has 2 amide bonds. The first-order valence-electron chi connectivity index (χ1n) is 3.82. The third kappa shape index (κ3) is 2.48. The summed E-state index contributed by atoms with van der Waals surface area (Å²) in [6.45, 7) is 0.525. The Bertz CT molecular complexity index is 321. The number of aromatic nitrogens is 1. The molecule has 0 radical (unpaired) electrons. The van der Waals surface area contributed by atoms with Crippen LogP contribution in [-0.2, 0) is 13.6 Å². The lowest BCUT2D eigenvalue weighted by Gasteiger charge is -2.14. The lowest BCUT2D eigenvalue weighted by Crippen LogP contribution is -2.31. The van der Waals surface area contributed by atoms with E-state index in [9.17, 15) is 4.79 Å². The Morgan fingerprint density at radius 2 is 2.38 bits per heavy atom. The van der Waals surface area contributed by atoms with Crippen molar-refractivity contribution >= 4 is 22.0 Å². The van der Waals surface area contributed by atoms with Gasteiger partial charge in [-0.15, -0.1) is 0 Å². The van der Waals surface area contributed by atoms with Gasteiger partial charge in [0.15, 0.2) is 0 Å². The predicted octanol–water partition coefficient (Wildman–Crippen LogP) is 1.30. The molecule has 2 N–H and O–H groups in total. The van der Waals surface area contributed by atoms with Gasteiger partial charge in [-0.2, -0.15) is 0 Å². The Morgan fingerprint density at radius 3 is 2.77 bits per heavy atom. The number of hydrogen-bond donors (Lipinski definition) is 1. The second kappa shape index (κ2) is 3.83. The van der Waals surface area contributed by atoms with Crippen LogP contribution >= 0.6 is 15.9 Å². The fourth-order valence-electron chi connectivity index (χ4n) is 1.04. The van der Waals surface area contributed by atoms with E-state index in [1.54, 1.807) is 7.05 Å². The Morgan fingerprint density at radius 1 is 1.77 bits per heavy atom. The number of amides is 2. The fourth-order valence-corrected chi connectivity index (χ4v) is 1.62. The molecule has 0 atom stereocenters. The van der Waals surface area contributed by atoms with Crippen LogP contribution in [0.25, 0.3) is 0 Å². The van der Waals surface area contributed by atoms with E-state index >= 15 is 0 Å². The molecule has 0 aliphatic carbocycles. The highest BCUT2D eigenvalue weighted by molar-refractivity contribution is 9.10. The molecular weight excluding hydrogens is 234 g/mol. The van der Waals surface area contributed by atoms with Gasteiger partial charge in [0.1, 0.15) is 0 Å². The van der Waals surface area contributed by atoms with Crippen LogP contribution in [0.2, 0.25) is 0 Å². The predicted molar refractivity (Wildman–Crippen MR) is 54.2 cm³/mol. The van der Waals surface area contributed by atoms with Gasteiger partial charge in [0.05, 0.1) is 6.54 Å². The average molecular weight is 246 g/mol. The highest BCUT2D eigenvalue weighted by Gasteiger charge is 2.07. The molecule has 72 valence electrons. The summed E-state index contributed by atoms with van der Waals surface area (Å²) < 4.78 is 2.95. The molecule has 0 aromatic carbocycles. The van der Waals surface area contributed by atoms with Crippen LogP contribution < -0.4 is 5.73 Å². The molecule has 0 spiro atoms. The number of nitrogens with two attached hydrogens (primary N) is 1. The summed E-state index contributed by atoms with van der Waals surface area (Å²) in [5.74, 6) is 0. The lowest BCUT2D eigenvalue weighted by molar-refractivity contribution is 0.215. The van der Waals surface area contributed by atoms with Crippen LogP contribution in [0.5, 0.6) is 0 Å². The van der Waals surface area contributed by atoms with Crippen LogP contribution in [0.4, 0.5) is 4.79 Å². The van der Waals surface area contributed by atoms with Crippen LogP contribution in [-0.4, -0.2) is 22.5 Å². The quantitative estimate of drug-likeness (QED) is 0.840. The number of hydrogen-bond acceptors (Lipinski definition) is 1. The minimum atomic E-state index is -0.419. The number of nitrogens with zero attached hydrogens (tertiary/aromatic N) is 2. The largest absolute Gasteiger partial charge is 0.352 e. The summed E-state index contributed by atoms with van der Waals surface area (Å²) in [5, 5.41) is 0. The van der Waals surface area contributed by atoms with Crippen molar-refractivity contribution in [2.45, 2.75) is 6.54 Å². The zero-order valence-corrected chi connectivity index (χ0v) is 9.21. The van der Waals surface area contributed by atoms with Crippen molar-refractivity contribution in [1.29, 1.82) is 0 Å². The number of rotatable bonds is 2. The topological polar surface area (TPSA) is 51.3 Å². The van der Waals surface area contributed by atoms with Crippen molar-refractivity contribution in [2.75, 3.05) is 7.05 Å².